The van der Waals surface area contributed by atoms with E-state index >= 15 is 0 Å². The lowest BCUT2D eigenvalue weighted by atomic mass is 10.0. The second kappa shape index (κ2) is 6.01. The zero-order chi connectivity index (χ0) is 13.0. The second-order valence-electron chi connectivity index (χ2n) is 5.17. The zero-order valence-electron chi connectivity index (χ0n) is 11.3. The van der Waals surface area contributed by atoms with Gasteiger partial charge in [0.2, 0.25) is 0 Å². The first-order chi connectivity index (χ1) is 8.68. The molecule has 0 aromatic heterocycles. The Bertz CT molecular complexity index is 389. The van der Waals surface area contributed by atoms with Gasteiger partial charge in [0.15, 0.2) is 0 Å². The fourth-order valence-electron chi connectivity index (χ4n) is 2.24. The minimum atomic E-state index is 0.161. The van der Waals surface area contributed by atoms with Crippen LogP contribution in [0.5, 0.6) is 0 Å². The number of carbonyl (C=O) groups is 1. The normalized spacial score (nSPS) is 16.7. The summed E-state index contributed by atoms with van der Waals surface area (Å²) in [5.74, 6) is 0.672. The van der Waals surface area contributed by atoms with Gasteiger partial charge >= 0.3 is 0 Å². The number of nitrogens with zero attached hydrogens (tertiary/aromatic N) is 1. The van der Waals surface area contributed by atoms with Crippen LogP contribution in [0.3, 0.4) is 0 Å². The van der Waals surface area contributed by atoms with Gasteiger partial charge in [-0.05, 0) is 36.6 Å². The molecule has 1 aromatic carbocycles. The number of hydrogen-bond acceptors (Lipinski definition) is 2. The smallest absolute Gasteiger partial charge is 0.253 e. The Hall–Kier alpha value is -1.35. The van der Waals surface area contributed by atoms with E-state index in [1.807, 2.05) is 17.0 Å². The third-order valence-electron chi connectivity index (χ3n) is 3.45. The average molecular weight is 246 g/mol. The summed E-state index contributed by atoms with van der Waals surface area (Å²) in [6.07, 6.45) is 1.04. The largest absolute Gasteiger partial charge is 0.337 e. The van der Waals surface area contributed by atoms with E-state index in [2.05, 4.69) is 31.3 Å². The van der Waals surface area contributed by atoms with Crippen molar-refractivity contribution in [3.63, 3.8) is 0 Å². The van der Waals surface area contributed by atoms with Gasteiger partial charge in [0.05, 0.1) is 0 Å². The fraction of sp³-hybridized carbons (Fsp3) is 0.533. The first-order valence-electron chi connectivity index (χ1n) is 6.78. The highest BCUT2D eigenvalue weighted by Crippen LogP contribution is 2.16. The predicted molar refractivity (Wildman–Crippen MR) is 73.9 cm³/mol. The molecule has 0 bridgehead atoms. The quantitative estimate of drug-likeness (QED) is 0.868. The molecule has 98 valence electrons. The van der Waals surface area contributed by atoms with Crippen LogP contribution in [0.4, 0.5) is 0 Å². The molecule has 1 N–H and O–H groups in total. The number of nitrogens with one attached hydrogen (secondary N) is 1. The Labute approximate surface area is 109 Å². The van der Waals surface area contributed by atoms with Crippen LogP contribution in [0.15, 0.2) is 24.3 Å². The molecule has 1 saturated heterocycles. The van der Waals surface area contributed by atoms with Crippen molar-refractivity contribution in [2.45, 2.75) is 26.2 Å². The van der Waals surface area contributed by atoms with Crippen LogP contribution in [0, 0.1) is 0 Å². The summed E-state index contributed by atoms with van der Waals surface area (Å²) < 4.78 is 0. The van der Waals surface area contributed by atoms with Crippen molar-refractivity contribution in [3.05, 3.63) is 35.4 Å². The van der Waals surface area contributed by atoms with E-state index in [9.17, 15) is 4.79 Å². The van der Waals surface area contributed by atoms with Gasteiger partial charge < -0.3 is 10.2 Å². The number of rotatable bonds is 2. The minimum Gasteiger partial charge on any atom is -0.337 e. The predicted octanol–water partition coefficient (Wildman–Crippen LogP) is 2.25. The molecule has 1 heterocycles. The van der Waals surface area contributed by atoms with Gasteiger partial charge in [0, 0.05) is 25.2 Å². The zero-order valence-corrected chi connectivity index (χ0v) is 11.3. The van der Waals surface area contributed by atoms with Crippen molar-refractivity contribution in [1.29, 1.82) is 0 Å². The highest BCUT2D eigenvalue weighted by atomic mass is 16.2. The fourth-order valence-corrected chi connectivity index (χ4v) is 2.24. The molecule has 0 unspecified atom stereocenters. The lowest BCUT2D eigenvalue weighted by molar-refractivity contribution is 0.0766. The molecule has 0 spiro atoms. The summed E-state index contributed by atoms with van der Waals surface area (Å²) in [4.78, 5) is 14.3. The van der Waals surface area contributed by atoms with Gasteiger partial charge in [0.25, 0.3) is 5.91 Å². The molecule has 1 aliphatic heterocycles. The van der Waals surface area contributed by atoms with Crippen molar-refractivity contribution < 1.29 is 4.79 Å². The average Bonchev–Trinajstić information content (AvgIpc) is 2.67. The molecule has 2 rings (SSSR count). The Morgan fingerprint density at radius 1 is 1.17 bits per heavy atom. The summed E-state index contributed by atoms with van der Waals surface area (Å²) in [7, 11) is 0. The second-order valence-corrected chi connectivity index (χ2v) is 5.17. The molecule has 0 saturated carbocycles. The van der Waals surface area contributed by atoms with Gasteiger partial charge in [-0.1, -0.05) is 26.0 Å². The first kappa shape index (κ1) is 13.1. The molecule has 3 heteroatoms. The summed E-state index contributed by atoms with van der Waals surface area (Å²) in [6, 6.07) is 8.04. The summed E-state index contributed by atoms with van der Waals surface area (Å²) in [6.45, 7) is 7.91. The summed E-state index contributed by atoms with van der Waals surface area (Å²) in [5.41, 5.74) is 2.09. The van der Waals surface area contributed by atoms with E-state index in [0.717, 1.165) is 38.2 Å². The molecule has 1 aliphatic rings. The van der Waals surface area contributed by atoms with Crippen molar-refractivity contribution in [2.75, 3.05) is 26.2 Å². The standard InChI is InChI=1S/C15H22N2O/c1-12(2)13-4-6-14(7-5-13)15(18)17-10-3-8-16-9-11-17/h4-7,12,16H,3,8-11H2,1-2H3. The summed E-state index contributed by atoms with van der Waals surface area (Å²) >= 11 is 0. The first-order valence-corrected chi connectivity index (χ1v) is 6.78. The van der Waals surface area contributed by atoms with Crippen molar-refractivity contribution in [3.8, 4) is 0 Å². The number of hydrogen-bond donors (Lipinski definition) is 1. The maximum absolute atomic E-state index is 12.3. The third-order valence-corrected chi connectivity index (χ3v) is 3.45. The number of carbonyl (C=O) groups excluding carboxylic acids is 1. The molecule has 3 nitrogen and oxygen atoms in total. The van der Waals surface area contributed by atoms with Gasteiger partial charge in [-0.25, -0.2) is 0 Å². The SMILES string of the molecule is CC(C)c1ccc(C(=O)N2CCCNCC2)cc1. The maximum Gasteiger partial charge on any atom is 0.253 e. The Balaban J connectivity index is 2.07. The molecule has 0 atom stereocenters. The van der Waals surface area contributed by atoms with E-state index in [1.165, 1.54) is 5.56 Å². The van der Waals surface area contributed by atoms with Crippen LogP contribution in [0.2, 0.25) is 0 Å². The van der Waals surface area contributed by atoms with E-state index in [-0.39, 0.29) is 5.91 Å². The van der Waals surface area contributed by atoms with E-state index in [1.54, 1.807) is 0 Å². The Kier molecular flexibility index (Phi) is 4.37. The van der Waals surface area contributed by atoms with Crippen LogP contribution in [0.1, 0.15) is 42.1 Å². The van der Waals surface area contributed by atoms with E-state index < -0.39 is 0 Å². The summed E-state index contributed by atoms with van der Waals surface area (Å²) in [5, 5.41) is 3.31. The topological polar surface area (TPSA) is 32.3 Å². The van der Waals surface area contributed by atoms with Crippen molar-refractivity contribution in [2.24, 2.45) is 0 Å². The van der Waals surface area contributed by atoms with E-state index in [4.69, 9.17) is 0 Å². The van der Waals surface area contributed by atoms with Gasteiger partial charge in [0.1, 0.15) is 0 Å². The van der Waals surface area contributed by atoms with Gasteiger partial charge in [-0.15, -0.1) is 0 Å². The molecular weight excluding hydrogens is 224 g/mol. The minimum absolute atomic E-state index is 0.161. The molecule has 0 radical (unpaired) electrons. The maximum atomic E-state index is 12.3. The molecule has 1 fully saturated rings. The highest BCUT2D eigenvalue weighted by molar-refractivity contribution is 5.94. The van der Waals surface area contributed by atoms with Crippen LogP contribution in [-0.2, 0) is 0 Å². The lowest BCUT2D eigenvalue weighted by Gasteiger charge is -2.20. The number of benzene rings is 1. The van der Waals surface area contributed by atoms with Crippen LogP contribution in [0.25, 0.3) is 0 Å². The highest BCUT2D eigenvalue weighted by Gasteiger charge is 2.16. The van der Waals surface area contributed by atoms with Crippen molar-refractivity contribution >= 4 is 5.91 Å². The lowest BCUT2D eigenvalue weighted by Crippen LogP contribution is -2.34. The number of amides is 1. The molecule has 1 aromatic rings. The molecule has 0 aliphatic carbocycles. The molecular formula is C15H22N2O. The third kappa shape index (κ3) is 3.10. The van der Waals surface area contributed by atoms with Crippen LogP contribution in [-0.4, -0.2) is 37.0 Å². The van der Waals surface area contributed by atoms with Crippen LogP contribution < -0.4 is 5.32 Å². The molecule has 1 amide bonds. The van der Waals surface area contributed by atoms with Gasteiger partial charge in [-0.2, -0.15) is 0 Å². The Morgan fingerprint density at radius 2 is 1.89 bits per heavy atom. The van der Waals surface area contributed by atoms with E-state index in [0.29, 0.717) is 5.92 Å². The Morgan fingerprint density at radius 3 is 2.56 bits per heavy atom. The monoisotopic (exact) mass is 246 g/mol. The molecule has 18 heavy (non-hydrogen) atoms. The van der Waals surface area contributed by atoms with Crippen molar-refractivity contribution in [1.82, 2.24) is 10.2 Å². The van der Waals surface area contributed by atoms with Gasteiger partial charge in [-0.3, -0.25) is 4.79 Å². The van der Waals surface area contributed by atoms with Crippen LogP contribution >= 0.6 is 0 Å².